The predicted molar refractivity (Wildman–Crippen MR) is 97.1 cm³/mol. The molecule has 1 aliphatic carbocycles. The van der Waals surface area contributed by atoms with E-state index in [0.29, 0.717) is 17.7 Å². The van der Waals surface area contributed by atoms with Gasteiger partial charge in [0.15, 0.2) is 0 Å². The lowest BCUT2D eigenvalue weighted by Crippen LogP contribution is -2.40. The molecular weight excluding hydrogens is 312 g/mol. The van der Waals surface area contributed by atoms with Crippen LogP contribution in [0.1, 0.15) is 64.5 Å². The Labute approximate surface area is 150 Å². The van der Waals surface area contributed by atoms with Gasteiger partial charge in [0.2, 0.25) is 5.91 Å². The lowest BCUT2D eigenvalue weighted by Gasteiger charge is -2.32. The maximum atomic E-state index is 13.0. The number of fused-ring (bicyclic) bond motifs is 1. The molecule has 25 heavy (non-hydrogen) atoms. The van der Waals surface area contributed by atoms with Crippen LogP contribution in [0.4, 0.5) is 0 Å². The molecule has 0 spiro atoms. The number of carbonyl (C=O) groups is 1. The third kappa shape index (κ3) is 2.81. The van der Waals surface area contributed by atoms with Crippen molar-refractivity contribution in [3.63, 3.8) is 0 Å². The maximum absolute atomic E-state index is 13.0. The summed E-state index contributed by atoms with van der Waals surface area (Å²) in [6, 6.07) is 0. The number of amides is 1. The summed E-state index contributed by atoms with van der Waals surface area (Å²) >= 11 is 0. The Hall–Kier alpha value is -1.65. The standard InChI is InChI=1S/C20H30N4O/c1-13(2)12-15-17(20(15,3)4)19(25)23-10-7-14(8-11-23)18-22-21-16-6-5-9-24(16)18/h12,14-15,17H,5-11H2,1-4H3/t15-,17+/m1/s1. The molecule has 1 amide bonds. The highest BCUT2D eigenvalue weighted by Gasteiger charge is 2.61. The molecule has 2 aliphatic heterocycles. The van der Waals surface area contributed by atoms with E-state index >= 15 is 0 Å². The number of allylic oxidation sites excluding steroid dienone is 2. The van der Waals surface area contributed by atoms with E-state index in [4.69, 9.17) is 0 Å². The minimum atomic E-state index is 0.110. The fourth-order valence-corrected chi connectivity index (χ4v) is 4.85. The van der Waals surface area contributed by atoms with Crippen molar-refractivity contribution in [3.05, 3.63) is 23.3 Å². The quantitative estimate of drug-likeness (QED) is 0.793. The molecule has 0 bridgehead atoms. The van der Waals surface area contributed by atoms with Crippen molar-refractivity contribution in [3.8, 4) is 0 Å². The molecule has 1 aromatic heterocycles. The summed E-state index contributed by atoms with van der Waals surface area (Å²) in [6.45, 7) is 11.5. The number of hydrogen-bond donors (Lipinski definition) is 0. The highest BCUT2D eigenvalue weighted by atomic mass is 16.2. The molecule has 0 unspecified atom stereocenters. The fraction of sp³-hybridized carbons (Fsp3) is 0.750. The average molecular weight is 342 g/mol. The van der Waals surface area contributed by atoms with E-state index in [-0.39, 0.29) is 11.3 Å². The van der Waals surface area contributed by atoms with Gasteiger partial charge >= 0.3 is 0 Å². The number of piperidine rings is 1. The van der Waals surface area contributed by atoms with E-state index in [2.05, 4.69) is 53.4 Å². The van der Waals surface area contributed by atoms with Crippen LogP contribution in [-0.4, -0.2) is 38.7 Å². The molecule has 3 aliphatic rings. The zero-order chi connectivity index (χ0) is 17.8. The number of hydrogen-bond acceptors (Lipinski definition) is 3. The topological polar surface area (TPSA) is 51.0 Å². The smallest absolute Gasteiger partial charge is 0.226 e. The van der Waals surface area contributed by atoms with Crippen LogP contribution < -0.4 is 0 Å². The van der Waals surface area contributed by atoms with Crippen LogP contribution in [0.2, 0.25) is 0 Å². The van der Waals surface area contributed by atoms with Crippen LogP contribution in [0, 0.1) is 17.3 Å². The van der Waals surface area contributed by atoms with Crippen molar-refractivity contribution in [2.75, 3.05) is 13.1 Å². The molecule has 5 heteroatoms. The molecule has 0 N–H and O–H groups in total. The summed E-state index contributed by atoms with van der Waals surface area (Å²) in [5, 5.41) is 8.80. The molecule has 2 fully saturated rings. The molecule has 1 aromatic rings. The van der Waals surface area contributed by atoms with Gasteiger partial charge in [-0.15, -0.1) is 10.2 Å². The first-order valence-corrected chi connectivity index (χ1v) is 9.75. The largest absolute Gasteiger partial charge is 0.342 e. The van der Waals surface area contributed by atoms with E-state index in [1.54, 1.807) is 0 Å². The highest BCUT2D eigenvalue weighted by Crippen LogP contribution is 2.60. The monoisotopic (exact) mass is 342 g/mol. The normalized spacial score (nSPS) is 27.9. The second-order valence-electron chi connectivity index (χ2n) is 8.90. The highest BCUT2D eigenvalue weighted by molar-refractivity contribution is 5.84. The minimum Gasteiger partial charge on any atom is -0.342 e. The molecule has 0 aromatic carbocycles. The second-order valence-corrected chi connectivity index (χ2v) is 8.90. The third-order valence-corrected chi connectivity index (χ3v) is 6.50. The van der Waals surface area contributed by atoms with Crippen molar-refractivity contribution < 1.29 is 4.79 Å². The summed E-state index contributed by atoms with van der Waals surface area (Å²) in [5.74, 6) is 3.70. The number of rotatable bonds is 3. The first-order chi connectivity index (χ1) is 11.9. The zero-order valence-electron chi connectivity index (χ0n) is 16.0. The number of aromatic nitrogens is 3. The minimum absolute atomic E-state index is 0.110. The Bertz CT molecular complexity index is 705. The average Bonchev–Trinajstić information content (AvgIpc) is 2.94. The van der Waals surface area contributed by atoms with Gasteiger partial charge in [0.1, 0.15) is 11.6 Å². The van der Waals surface area contributed by atoms with Crippen molar-refractivity contribution in [2.45, 2.75) is 65.8 Å². The van der Waals surface area contributed by atoms with E-state index < -0.39 is 0 Å². The first-order valence-electron chi connectivity index (χ1n) is 9.75. The Morgan fingerprint density at radius 1 is 1.16 bits per heavy atom. The van der Waals surface area contributed by atoms with Crippen molar-refractivity contribution in [2.24, 2.45) is 17.3 Å². The van der Waals surface area contributed by atoms with Gasteiger partial charge in [-0.2, -0.15) is 0 Å². The van der Waals surface area contributed by atoms with Crippen LogP contribution in [-0.2, 0) is 17.8 Å². The maximum Gasteiger partial charge on any atom is 0.226 e. The molecule has 3 heterocycles. The van der Waals surface area contributed by atoms with Gasteiger partial charge in [0.05, 0.1) is 5.92 Å². The summed E-state index contributed by atoms with van der Waals surface area (Å²) in [6.07, 6.45) is 6.58. The van der Waals surface area contributed by atoms with Crippen LogP contribution in [0.15, 0.2) is 11.6 Å². The first kappa shape index (κ1) is 16.8. The predicted octanol–water partition coefficient (Wildman–Crippen LogP) is 3.17. The van der Waals surface area contributed by atoms with Gasteiger partial charge in [-0.1, -0.05) is 25.5 Å². The molecule has 136 valence electrons. The van der Waals surface area contributed by atoms with Crippen molar-refractivity contribution in [1.82, 2.24) is 19.7 Å². The van der Waals surface area contributed by atoms with Crippen LogP contribution in [0.25, 0.3) is 0 Å². The van der Waals surface area contributed by atoms with E-state index in [0.717, 1.165) is 50.5 Å². The molecular formula is C20H30N4O. The molecule has 5 nitrogen and oxygen atoms in total. The Morgan fingerprint density at radius 2 is 1.88 bits per heavy atom. The van der Waals surface area contributed by atoms with Gasteiger partial charge in [-0.05, 0) is 44.4 Å². The number of aryl methyl sites for hydroxylation is 1. The molecule has 4 rings (SSSR count). The van der Waals surface area contributed by atoms with Crippen molar-refractivity contribution >= 4 is 5.91 Å². The lowest BCUT2D eigenvalue weighted by atomic mass is 9.95. The Kier molecular flexibility index (Phi) is 4.00. The molecule has 0 radical (unpaired) electrons. The second kappa shape index (κ2) is 5.96. The van der Waals surface area contributed by atoms with Gasteiger partial charge in [0.25, 0.3) is 0 Å². The van der Waals surface area contributed by atoms with E-state index in [1.807, 2.05) is 0 Å². The van der Waals surface area contributed by atoms with Crippen LogP contribution >= 0.6 is 0 Å². The molecule has 2 atom stereocenters. The van der Waals surface area contributed by atoms with Crippen molar-refractivity contribution in [1.29, 1.82) is 0 Å². The summed E-state index contributed by atoms with van der Waals surface area (Å²) in [4.78, 5) is 15.1. The summed E-state index contributed by atoms with van der Waals surface area (Å²) in [7, 11) is 0. The van der Waals surface area contributed by atoms with Gasteiger partial charge in [-0.25, -0.2) is 0 Å². The third-order valence-electron chi connectivity index (χ3n) is 6.50. The lowest BCUT2D eigenvalue weighted by molar-refractivity contribution is -0.134. The van der Waals surface area contributed by atoms with E-state index in [9.17, 15) is 4.79 Å². The van der Waals surface area contributed by atoms with Gasteiger partial charge in [-0.3, -0.25) is 4.79 Å². The molecule has 1 saturated carbocycles. The van der Waals surface area contributed by atoms with Crippen LogP contribution in [0.5, 0.6) is 0 Å². The van der Waals surface area contributed by atoms with Gasteiger partial charge < -0.3 is 9.47 Å². The summed E-state index contributed by atoms with van der Waals surface area (Å²) in [5.41, 5.74) is 1.42. The van der Waals surface area contributed by atoms with E-state index in [1.165, 1.54) is 12.0 Å². The van der Waals surface area contributed by atoms with Crippen LogP contribution in [0.3, 0.4) is 0 Å². The number of likely N-dealkylation sites (tertiary alicyclic amines) is 1. The Morgan fingerprint density at radius 3 is 2.56 bits per heavy atom. The molecule has 1 saturated heterocycles. The number of carbonyl (C=O) groups excluding carboxylic acids is 1. The number of nitrogens with zero attached hydrogens (tertiary/aromatic N) is 4. The fourth-order valence-electron chi connectivity index (χ4n) is 4.85. The summed E-state index contributed by atoms with van der Waals surface area (Å²) < 4.78 is 2.32. The van der Waals surface area contributed by atoms with Gasteiger partial charge in [0, 0.05) is 32.0 Å². The SMILES string of the molecule is CC(C)=C[C@@H]1[C@@H](C(=O)N2CCC(c3nnc4n3CCC4)CC2)C1(C)C. The Balaban J connectivity index is 1.39. The zero-order valence-corrected chi connectivity index (χ0v) is 16.0.